The molecule has 1 heterocycles. The molecule has 1 rings (SSSR count). The first-order chi connectivity index (χ1) is 7.18. The zero-order chi connectivity index (χ0) is 11.1. The predicted octanol–water partition coefficient (Wildman–Crippen LogP) is 0.643. The van der Waals surface area contributed by atoms with Crippen LogP contribution >= 0.6 is 0 Å². The Labute approximate surface area is 93.0 Å². The first-order valence-electron chi connectivity index (χ1n) is 4.98. The fourth-order valence-corrected chi connectivity index (χ4v) is 1.77. The van der Waals surface area contributed by atoms with E-state index in [-0.39, 0.29) is 0 Å². The summed E-state index contributed by atoms with van der Waals surface area (Å²) in [6.07, 6.45) is 4.43. The molecule has 1 aromatic rings. The van der Waals surface area contributed by atoms with Gasteiger partial charge in [-0.05, 0) is 26.0 Å². The lowest BCUT2D eigenvalue weighted by Gasteiger charge is -2.03. The van der Waals surface area contributed by atoms with Crippen molar-refractivity contribution < 1.29 is 4.21 Å². The zero-order valence-electron chi connectivity index (χ0n) is 9.19. The van der Waals surface area contributed by atoms with Crippen molar-refractivity contribution in [2.45, 2.75) is 19.9 Å². The molecule has 1 unspecified atom stereocenters. The van der Waals surface area contributed by atoms with Gasteiger partial charge in [-0.3, -0.25) is 4.21 Å². The normalized spacial score (nSPS) is 12.7. The van der Waals surface area contributed by atoms with Gasteiger partial charge in [-0.2, -0.15) is 0 Å². The Morgan fingerprint density at radius 3 is 3.00 bits per heavy atom. The third-order valence-corrected chi connectivity index (χ3v) is 2.79. The maximum absolute atomic E-state index is 10.8. The Hall–Kier alpha value is -0.810. The Morgan fingerprint density at radius 2 is 2.33 bits per heavy atom. The minimum atomic E-state index is -0.683. The summed E-state index contributed by atoms with van der Waals surface area (Å²) >= 11 is 0. The van der Waals surface area contributed by atoms with Crippen molar-refractivity contribution in [1.82, 2.24) is 15.3 Å². The molecule has 1 aromatic heterocycles. The molecule has 0 aliphatic rings. The summed E-state index contributed by atoms with van der Waals surface area (Å²) < 4.78 is 10.8. The van der Waals surface area contributed by atoms with Gasteiger partial charge in [0.25, 0.3) is 0 Å². The largest absolute Gasteiger partial charge is 0.311 e. The molecular weight excluding hydrogens is 210 g/mol. The molecule has 0 aromatic carbocycles. The van der Waals surface area contributed by atoms with Crippen LogP contribution in [0.15, 0.2) is 12.3 Å². The number of aromatic nitrogens is 2. The lowest BCUT2D eigenvalue weighted by Crippen LogP contribution is -2.17. The van der Waals surface area contributed by atoms with Crippen LogP contribution in [0.5, 0.6) is 0 Å². The highest BCUT2D eigenvalue weighted by Gasteiger charge is 1.95. The molecule has 0 saturated carbocycles. The van der Waals surface area contributed by atoms with Crippen LogP contribution < -0.4 is 5.32 Å². The van der Waals surface area contributed by atoms with Crippen LogP contribution in [0.2, 0.25) is 0 Å². The van der Waals surface area contributed by atoms with E-state index in [1.807, 2.05) is 13.0 Å². The molecule has 5 heteroatoms. The second-order valence-electron chi connectivity index (χ2n) is 3.40. The molecule has 0 bridgehead atoms. The Balaban J connectivity index is 2.17. The summed E-state index contributed by atoms with van der Waals surface area (Å²) in [5.41, 5.74) is 1.00. The van der Waals surface area contributed by atoms with E-state index in [0.717, 1.165) is 36.8 Å². The van der Waals surface area contributed by atoms with Crippen molar-refractivity contribution in [1.29, 1.82) is 0 Å². The van der Waals surface area contributed by atoms with Crippen LogP contribution in [0, 0.1) is 6.92 Å². The molecule has 1 atom stereocenters. The topological polar surface area (TPSA) is 54.9 Å². The highest BCUT2D eigenvalue weighted by atomic mass is 32.2. The average molecular weight is 227 g/mol. The monoisotopic (exact) mass is 227 g/mol. The highest BCUT2D eigenvalue weighted by molar-refractivity contribution is 7.84. The van der Waals surface area contributed by atoms with Crippen molar-refractivity contribution in [2.24, 2.45) is 0 Å². The minimum Gasteiger partial charge on any atom is -0.311 e. The Morgan fingerprint density at radius 1 is 1.53 bits per heavy atom. The van der Waals surface area contributed by atoms with Crippen LogP contribution in [-0.2, 0) is 17.3 Å². The zero-order valence-corrected chi connectivity index (χ0v) is 10.0. The fraction of sp³-hybridized carbons (Fsp3) is 0.600. The molecule has 0 amide bonds. The number of aryl methyl sites for hydroxylation is 1. The Kier molecular flexibility index (Phi) is 5.42. The van der Waals surface area contributed by atoms with Gasteiger partial charge in [0, 0.05) is 35.5 Å². The van der Waals surface area contributed by atoms with Gasteiger partial charge in [0.05, 0.1) is 5.69 Å². The van der Waals surface area contributed by atoms with Crippen molar-refractivity contribution >= 4 is 10.8 Å². The number of hydrogen-bond acceptors (Lipinski definition) is 4. The molecule has 0 fully saturated rings. The van der Waals surface area contributed by atoms with E-state index in [9.17, 15) is 4.21 Å². The van der Waals surface area contributed by atoms with Gasteiger partial charge in [0.2, 0.25) is 0 Å². The molecule has 0 saturated heterocycles. The van der Waals surface area contributed by atoms with E-state index >= 15 is 0 Å². The number of nitrogens with one attached hydrogen (secondary N) is 1. The van der Waals surface area contributed by atoms with Gasteiger partial charge in [-0.1, -0.05) is 0 Å². The second-order valence-corrected chi connectivity index (χ2v) is 4.96. The summed E-state index contributed by atoms with van der Waals surface area (Å²) in [7, 11) is -0.683. The summed E-state index contributed by atoms with van der Waals surface area (Å²) in [4.78, 5) is 8.30. The first-order valence-corrected chi connectivity index (χ1v) is 6.70. The quantitative estimate of drug-likeness (QED) is 0.725. The van der Waals surface area contributed by atoms with E-state index in [1.54, 1.807) is 12.5 Å². The maximum Gasteiger partial charge on any atom is 0.125 e. The van der Waals surface area contributed by atoms with Crippen molar-refractivity contribution in [3.05, 3.63) is 23.8 Å². The second kappa shape index (κ2) is 6.63. The lowest BCUT2D eigenvalue weighted by atomic mass is 10.4. The van der Waals surface area contributed by atoms with Gasteiger partial charge >= 0.3 is 0 Å². The van der Waals surface area contributed by atoms with E-state index in [4.69, 9.17) is 0 Å². The molecule has 84 valence electrons. The van der Waals surface area contributed by atoms with Crippen molar-refractivity contribution in [2.75, 3.05) is 18.6 Å². The molecule has 0 aliphatic carbocycles. The van der Waals surface area contributed by atoms with Gasteiger partial charge in [0.1, 0.15) is 5.82 Å². The molecular formula is C10H17N3OS. The summed E-state index contributed by atoms with van der Waals surface area (Å²) in [5.74, 6) is 1.56. The van der Waals surface area contributed by atoms with Gasteiger partial charge in [-0.15, -0.1) is 0 Å². The maximum atomic E-state index is 10.8. The van der Waals surface area contributed by atoms with Crippen molar-refractivity contribution in [3.63, 3.8) is 0 Å². The minimum absolute atomic E-state index is 0.683. The van der Waals surface area contributed by atoms with Gasteiger partial charge in [0.15, 0.2) is 0 Å². The number of nitrogens with zero attached hydrogens (tertiary/aromatic N) is 2. The Bertz CT molecular complexity index is 330. The smallest absolute Gasteiger partial charge is 0.125 e. The lowest BCUT2D eigenvalue weighted by molar-refractivity contribution is 0.653. The summed E-state index contributed by atoms with van der Waals surface area (Å²) in [5, 5.41) is 3.26. The molecule has 0 radical (unpaired) electrons. The fourth-order valence-electron chi connectivity index (χ4n) is 1.22. The van der Waals surface area contributed by atoms with Crippen LogP contribution in [0.25, 0.3) is 0 Å². The molecule has 4 nitrogen and oxygen atoms in total. The van der Waals surface area contributed by atoms with E-state index in [2.05, 4.69) is 15.3 Å². The van der Waals surface area contributed by atoms with Crippen LogP contribution in [-0.4, -0.2) is 32.7 Å². The molecule has 0 spiro atoms. The molecule has 0 aliphatic heterocycles. The number of rotatable bonds is 6. The molecule has 15 heavy (non-hydrogen) atoms. The van der Waals surface area contributed by atoms with Crippen LogP contribution in [0.1, 0.15) is 17.9 Å². The third-order valence-electron chi connectivity index (χ3n) is 1.93. The van der Waals surface area contributed by atoms with Crippen LogP contribution in [0.4, 0.5) is 0 Å². The predicted molar refractivity (Wildman–Crippen MR) is 62.0 cm³/mol. The highest BCUT2D eigenvalue weighted by Crippen LogP contribution is 1.93. The standard InChI is InChI=1S/C10H17N3OS/c1-9-12-6-4-10(13-9)8-11-5-3-7-15(2)14/h4,6,11H,3,5,7-8H2,1-2H3. The van der Waals surface area contributed by atoms with E-state index in [0.29, 0.717) is 0 Å². The number of hydrogen-bond donors (Lipinski definition) is 1. The van der Waals surface area contributed by atoms with Gasteiger partial charge in [-0.25, -0.2) is 9.97 Å². The van der Waals surface area contributed by atoms with Crippen LogP contribution in [0.3, 0.4) is 0 Å². The molecule has 1 N–H and O–H groups in total. The summed E-state index contributed by atoms with van der Waals surface area (Å²) in [6, 6.07) is 1.90. The summed E-state index contributed by atoms with van der Waals surface area (Å²) in [6.45, 7) is 3.51. The SMILES string of the molecule is Cc1nccc(CNCCCS(C)=O)n1. The van der Waals surface area contributed by atoms with Crippen molar-refractivity contribution in [3.8, 4) is 0 Å². The van der Waals surface area contributed by atoms with E-state index in [1.165, 1.54) is 0 Å². The van der Waals surface area contributed by atoms with E-state index < -0.39 is 10.8 Å². The first kappa shape index (κ1) is 12.3. The average Bonchev–Trinajstić information content (AvgIpc) is 2.17. The third kappa shape index (κ3) is 5.59. The van der Waals surface area contributed by atoms with Gasteiger partial charge < -0.3 is 5.32 Å².